The molecule has 0 saturated heterocycles. The summed E-state index contributed by atoms with van der Waals surface area (Å²) < 4.78 is 0. The van der Waals surface area contributed by atoms with Crippen molar-refractivity contribution < 1.29 is 5.11 Å². The van der Waals surface area contributed by atoms with Crippen molar-refractivity contribution in [3.63, 3.8) is 0 Å². The Labute approximate surface area is 98.2 Å². The van der Waals surface area contributed by atoms with Crippen molar-refractivity contribution in [2.24, 2.45) is 11.3 Å². The number of aliphatic hydroxyl groups is 1. The number of aliphatic hydroxyl groups excluding tert-OH is 1. The quantitative estimate of drug-likeness (QED) is 0.616. The van der Waals surface area contributed by atoms with Gasteiger partial charge in [0, 0.05) is 11.3 Å². The molecule has 1 saturated carbocycles. The highest BCUT2D eigenvalue weighted by Crippen LogP contribution is 2.53. The van der Waals surface area contributed by atoms with Gasteiger partial charge in [-0.2, -0.15) is 0 Å². The monoisotopic (exact) mass is 218 g/mol. The molecule has 1 fully saturated rings. The topological polar surface area (TPSA) is 20.2 Å². The standard InChI is InChI=1S/C15H22O/c16-14-10-12-6-4-2-1-3-5-8-15(11-12)9-7-13(14)15/h7,9-10,13-14,16H,1-6,8,11H2/t13-,14-,15+/m0/s1. The third kappa shape index (κ3) is 1.66. The smallest absolute Gasteiger partial charge is 0.0794 e. The number of hydrogen-bond donors (Lipinski definition) is 1. The Hall–Kier alpha value is -0.560. The van der Waals surface area contributed by atoms with Gasteiger partial charge in [0.2, 0.25) is 0 Å². The van der Waals surface area contributed by atoms with E-state index >= 15 is 0 Å². The number of allylic oxidation sites excluding steroid dienone is 2. The average Bonchev–Trinajstić information content (AvgIpc) is 2.23. The summed E-state index contributed by atoms with van der Waals surface area (Å²) in [5.74, 6) is 0.427. The molecule has 0 unspecified atom stereocenters. The van der Waals surface area contributed by atoms with Crippen molar-refractivity contribution in [3.05, 3.63) is 23.8 Å². The van der Waals surface area contributed by atoms with Crippen LogP contribution >= 0.6 is 0 Å². The normalized spacial score (nSPS) is 42.9. The van der Waals surface area contributed by atoms with Crippen LogP contribution in [0.1, 0.15) is 51.4 Å². The lowest BCUT2D eigenvalue weighted by Gasteiger charge is -2.49. The Balaban J connectivity index is 1.84. The van der Waals surface area contributed by atoms with Gasteiger partial charge < -0.3 is 5.11 Å². The second kappa shape index (κ2) is 4.03. The summed E-state index contributed by atoms with van der Waals surface area (Å²) in [6.07, 6.45) is 17.1. The molecule has 0 aromatic carbocycles. The molecule has 2 bridgehead atoms. The molecule has 1 N–H and O–H groups in total. The van der Waals surface area contributed by atoms with Crippen LogP contribution in [-0.2, 0) is 0 Å². The minimum Gasteiger partial charge on any atom is -0.388 e. The van der Waals surface area contributed by atoms with Gasteiger partial charge in [0.1, 0.15) is 0 Å². The molecule has 3 aliphatic rings. The van der Waals surface area contributed by atoms with Gasteiger partial charge in [-0.05, 0) is 25.7 Å². The number of hydrogen-bond acceptors (Lipinski definition) is 1. The molecule has 3 atom stereocenters. The lowest BCUT2D eigenvalue weighted by atomic mass is 9.56. The van der Waals surface area contributed by atoms with Crippen LogP contribution in [0, 0.1) is 11.3 Å². The van der Waals surface area contributed by atoms with E-state index in [1.807, 2.05) is 0 Å². The zero-order valence-electron chi connectivity index (χ0n) is 9.99. The van der Waals surface area contributed by atoms with E-state index in [4.69, 9.17) is 0 Å². The highest BCUT2D eigenvalue weighted by molar-refractivity contribution is 5.31. The Morgan fingerprint density at radius 2 is 1.94 bits per heavy atom. The number of rotatable bonds is 0. The van der Waals surface area contributed by atoms with E-state index in [1.54, 1.807) is 0 Å². The molecule has 0 amide bonds. The first kappa shape index (κ1) is 10.6. The average molecular weight is 218 g/mol. The van der Waals surface area contributed by atoms with Crippen molar-refractivity contribution >= 4 is 0 Å². The predicted octanol–water partition coefficient (Wildman–Crippen LogP) is 3.59. The molecule has 3 rings (SSSR count). The maximum Gasteiger partial charge on any atom is 0.0794 e. The summed E-state index contributed by atoms with van der Waals surface area (Å²) in [5.41, 5.74) is 1.87. The molecule has 3 aliphatic carbocycles. The van der Waals surface area contributed by atoms with E-state index in [-0.39, 0.29) is 6.10 Å². The summed E-state index contributed by atoms with van der Waals surface area (Å²) in [6.45, 7) is 0. The van der Waals surface area contributed by atoms with Crippen LogP contribution in [0.15, 0.2) is 23.8 Å². The first-order chi connectivity index (χ1) is 7.80. The Bertz CT molecular complexity index is 328. The van der Waals surface area contributed by atoms with Crippen LogP contribution in [0.25, 0.3) is 0 Å². The van der Waals surface area contributed by atoms with Crippen LogP contribution in [0.5, 0.6) is 0 Å². The lowest BCUT2D eigenvalue weighted by Crippen LogP contribution is -2.44. The summed E-state index contributed by atoms with van der Waals surface area (Å²) in [4.78, 5) is 0. The van der Waals surface area contributed by atoms with Gasteiger partial charge in [-0.1, -0.05) is 49.5 Å². The Kier molecular flexibility index (Phi) is 2.67. The molecule has 0 radical (unpaired) electrons. The zero-order valence-corrected chi connectivity index (χ0v) is 9.99. The summed E-state index contributed by atoms with van der Waals surface area (Å²) >= 11 is 0. The number of fused-ring (bicyclic) bond motifs is 1. The van der Waals surface area contributed by atoms with Gasteiger partial charge >= 0.3 is 0 Å². The van der Waals surface area contributed by atoms with Gasteiger partial charge in [0.05, 0.1) is 6.10 Å². The van der Waals surface area contributed by atoms with Gasteiger partial charge in [-0.3, -0.25) is 0 Å². The summed E-state index contributed by atoms with van der Waals surface area (Å²) in [5, 5.41) is 10.2. The molecule has 16 heavy (non-hydrogen) atoms. The van der Waals surface area contributed by atoms with Crippen molar-refractivity contribution in [1.29, 1.82) is 0 Å². The van der Waals surface area contributed by atoms with Gasteiger partial charge in [0.15, 0.2) is 0 Å². The van der Waals surface area contributed by atoms with Crippen molar-refractivity contribution in [1.82, 2.24) is 0 Å². The van der Waals surface area contributed by atoms with Crippen LogP contribution in [0.4, 0.5) is 0 Å². The van der Waals surface area contributed by atoms with E-state index < -0.39 is 0 Å². The molecule has 1 nitrogen and oxygen atoms in total. The first-order valence-corrected chi connectivity index (χ1v) is 6.87. The van der Waals surface area contributed by atoms with E-state index in [9.17, 15) is 5.11 Å². The van der Waals surface area contributed by atoms with Gasteiger partial charge in [0.25, 0.3) is 0 Å². The molecule has 0 aliphatic heterocycles. The first-order valence-electron chi connectivity index (χ1n) is 6.87. The highest BCUT2D eigenvalue weighted by Gasteiger charge is 2.46. The molecule has 0 aromatic heterocycles. The van der Waals surface area contributed by atoms with Crippen LogP contribution in [-0.4, -0.2) is 11.2 Å². The lowest BCUT2D eigenvalue weighted by molar-refractivity contribution is 0.0609. The van der Waals surface area contributed by atoms with Crippen molar-refractivity contribution in [2.45, 2.75) is 57.5 Å². The van der Waals surface area contributed by atoms with Crippen molar-refractivity contribution in [2.75, 3.05) is 0 Å². The fraction of sp³-hybridized carbons (Fsp3) is 0.733. The maximum absolute atomic E-state index is 10.2. The summed E-state index contributed by atoms with van der Waals surface area (Å²) in [6, 6.07) is 0. The van der Waals surface area contributed by atoms with Crippen LogP contribution in [0.2, 0.25) is 0 Å². The maximum atomic E-state index is 10.2. The van der Waals surface area contributed by atoms with E-state index in [0.717, 1.165) is 0 Å². The fourth-order valence-corrected chi connectivity index (χ4v) is 3.78. The third-order valence-electron chi connectivity index (χ3n) is 4.77. The van der Waals surface area contributed by atoms with E-state index in [1.165, 1.54) is 56.9 Å². The molecule has 1 spiro atoms. The summed E-state index contributed by atoms with van der Waals surface area (Å²) in [7, 11) is 0. The highest BCUT2D eigenvalue weighted by atomic mass is 16.3. The van der Waals surface area contributed by atoms with E-state index in [0.29, 0.717) is 11.3 Å². The van der Waals surface area contributed by atoms with Gasteiger partial charge in [-0.25, -0.2) is 0 Å². The fourth-order valence-electron chi connectivity index (χ4n) is 3.78. The Morgan fingerprint density at radius 1 is 1.12 bits per heavy atom. The minimum absolute atomic E-state index is 0.201. The molecule has 88 valence electrons. The molecule has 1 heteroatoms. The third-order valence-corrected chi connectivity index (χ3v) is 4.77. The van der Waals surface area contributed by atoms with Crippen molar-refractivity contribution in [3.8, 4) is 0 Å². The molecular weight excluding hydrogens is 196 g/mol. The second-order valence-electron chi connectivity index (χ2n) is 5.88. The molecular formula is C15H22O. The Morgan fingerprint density at radius 3 is 2.75 bits per heavy atom. The van der Waals surface area contributed by atoms with Crippen LogP contribution < -0.4 is 0 Å². The van der Waals surface area contributed by atoms with E-state index in [2.05, 4.69) is 18.2 Å². The SMILES string of the molecule is O[C@H]1C=C2CCCCCCC[C@@]3(C=C[C@@H]13)C2. The minimum atomic E-state index is -0.201. The predicted molar refractivity (Wildman–Crippen MR) is 66.1 cm³/mol. The second-order valence-corrected chi connectivity index (χ2v) is 5.88. The molecule has 0 aromatic rings. The zero-order chi connectivity index (χ0) is 11.0. The van der Waals surface area contributed by atoms with Crippen LogP contribution in [0.3, 0.4) is 0 Å². The van der Waals surface area contributed by atoms with Gasteiger partial charge in [-0.15, -0.1) is 0 Å². The largest absolute Gasteiger partial charge is 0.388 e. The molecule has 0 heterocycles.